The molecule has 2 amide bonds. The zero-order valence-electron chi connectivity index (χ0n) is 14.8. The second kappa shape index (κ2) is 9.36. The quantitative estimate of drug-likeness (QED) is 0.742. The Morgan fingerprint density at radius 3 is 2.08 bits per heavy atom. The van der Waals surface area contributed by atoms with Crippen molar-refractivity contribution < 1.29 is 19.1 Å². The van der Waals surface area contributed by atoms with E-state index in [1.807, 2.05) is 36.4 Å². The van der Waals surface area contributed by atoms with E-state index in [2.05, 4.69) is 15.4 Å². The van der Waals surface area contributed by atoms with Gasteiger partial charge in [-0.15, -0.1) is 0 Å². The third kappa shape index (κ3) is 5.44. The van der Waals surface area contributed by atoms with Gasteiger partial charge in [0.2, 0.25) is 5.91 Å². The van der Waals surface area contributed by atoms with Gasteiger partial charge in [-0.3, -0.25) is 9.59 Å². The minimum atomic E-state index is -0.822. The summed E-state index contributed by atoms with van der Waals surface area (Å²) in [5, 5.41) is 5.32. The zero-order valence-corrected chi connectivity index (χ0v) is 14.8. The van der Waals surface area contributed by atoms with Gasteiger partial charge in [-0.2, -0.15) is 0 Å². The second-order valence-corrected chi connectivity index (χ2v) is 5.84. The molecule has 0 bridgehead atoms. The molecule has 2 N–H and O–H groups in total. The van der Waals surface area contributed by atoms with Crippen LogP contribution in [0.4, 0.5) is 0 Å². The Morgan fingerprint density at radius 1 is 0.923 bits per heavy atom. The summed E-state index contributed by atoms with van der Waals surface area (Å²) in [6, 6.07) is 16.4. The lowest BCUT2D eigenvalue weighted by Crippen LogP contribution is -2.51. The first-order valence-electron chi connectivity index (χ1n) is 8.29. The van der Waals surface area contributed by atoms with Crippen LogP contribution in [0.3, 0.4) is 0 Å². The standard InChI is InChI=1S/C20H22N2O4/c1-14(20(25)26-2)21-19(24)17(13-15-9-5-3-6-10-15)22-18(23)16-11-7-4-8-12-16/h3-12,14,17H,13H2,1-2H3,(H,21,24)(H,22,23). The van der Waals surface area contributed by atoms with E-state index in [1.54, 1.807) is 24.3 Å². The van der Waals surface area contributed by atoms with E-state index >= 15 is 0 Å². The van der Waals surface area contributed by atoms with Crippen molar-refractivity contribution in [3.8, 4) is 0 Å². The number of esters is 1. The van der Waals surface area contributed by atoms with E-state index in [0.29, 0.717) is 12.0 Å². The average Bonchev–Trinajstić information content (AvgIpc) is 2.68. The molecule has 136 valence electrons. The Labute approximate surface area is 152 Å². The highest BCUT2D eigenvalue weighted by atomic mass is 16.5. The fourth-order valence-electron chi connectivity index (χ4n) is 2.44. The van der Waals surface area contributed by atoms with Crippen LogP contribution < -0.4 is 10.6 Å². The summed E-state index contributed by atoms with van der Waals surface area (Å²) in [4.78, 5) is 36.6. The number of methoxy groups -OCH3 is 1. The van der Waals surface area contributed by atoms with Crippen molar-refractivity contribution in [2.75, 3.05) is 7.11 Å². The molecule has 0 saturated heterocycles. The number of carbonyl (C=O) groups excluding carboxylic acids is 3. The van der Waals surface area contributed by atoms with E-state index in [4.69, 9.17) is 0 Å². The summed E-state index contributed by atoms with van der Waals surface area (Å²) >= 11 is 0. The first-order valence-corrected chi connectivity index (χ1v) is 8.29. The highest BCUT2D eigenvalue weighted by Crippen LogP contribution is 2.06. The Hall–Kier alpha value is -3.15. The molecule has 0 aliphatic heterocycles. The predicted octanol–water partition coefficient (Wildman–Crippen LogP) is 1.71. The van der Waals surface area contributed by atoms with Crippen LogP contribution >= 0.6 is 0 Å². The molecule has 2 aromatic rings. The molecule has 2 rings (SSSR count). The number of benzene rings is 2. The van der Waals surface area contributed by atoms with E-state index < -0.39 is 24.0 Å². The van der Waals surface area contributed by atoms with Gasteiger partial charge in [0, 0.05) is 12.0 Å². The predicted molar refractivity (Wildman–Crippen MR) is 97.5 cm³/mol. The second-order valence-electron chi connectivity index (χ2n) is 5.84. The van der Waals surface area contributed by atoms with E-state index in [1.165, 1.54) is 14.0 Å². The molecule has 2 atom stereocenters. The fraction of sp³-hybridized carbons (Fsp3) is 0.250. The Bertz CT molecular complexity index is 747. The number of hydrogen-bond donors (Lipinski definition) is 2. The minimum absolute atomic E-state index is 0.305. The molecule has 2 unspecified atom stereocenters. The molecule has 6 nitrogen and oxygen atoms in total. The highest BCUT2D eigenvalue weighted by molar-refractivity contribution is 5.98. The molecule has 0 spiro atoms. The molecular formula is C20H22N2O4. The van der Waals surface area contributed by atoms with Crippen LogP contribution in [0, 0.1) is 0 Å². The molecule has 0 aromatic heterocycles. The third-order valence-corrected chi connectivity index (χ3v) is 3.85. The summed E-state index contributed by atoms with van der Waals surface area (Å²) in [6.45, 7) is 1.53. The van der Waals surface area contributed by atoms with Crippen LogP contribution in [-0.4, -0.2) is 37.0 Å². The maximum atomic E-state index is 12.6. The molecule has 0 saturated carbocycles. The molecule has 0 aliphatic carbocycles. The van der Waals surface area contributed by atoms with E-state index in [-0.39, 0.29) is 5.91 Å². The number of nitrogens with one attached hydrogen (secondary N) is 2. The van der Waals surface area contributed by atoms with Crippen molar-refractivity contribution in [3.63, 3.8) is 0 Å². The molecule has 0 fully saturated rings. The Morgan fingerprint density at radius 2 is 1.50 bits per heavy atom. The highest BCUT2D eigenvalue weighted by Gasteiger charge is 2.25. The third-order valence-electron chi connectivity index (χ3n) is 3.85. The van der Waals surface area contributed by atoms with Crippen LogP contribution in [0.15, 0.2) is 60.7 Å². The van der Waals surface area contributed by atoms with Crippen molar-refractivity contribution >= 4 is 17.8 Å². The van der Waals surface area contributed by atoms with Crippen LogP contribution in [0.5, 0.6) is 0 Å². The van der Waals surface area contributed by atoms with Gasteiger partial charge in [-0.25, -0.2) is 4.79 Å². The molecule has 26 heavy (non-hydrogen) atoms. The van der Waals surface area contributed by atoms with E-state index in [9.17, 15) is 14.4 Å². The largest absolute Gasteiger partial charge is 0.467 e. The van der Waals surface area contributed by atoms with Crippen molar-refractivity contribution in [2.45, 2.75) is 25.4 Å². The first-order chi connectivity index (χ1) is 12.5. The monoisotopic (exact) mass is 354 g/mol. The summed E-state index contributed by atoms with van der Waals surface area (Å²) in [5.41, 5.74) is 1.35. The Kier molecular flexibility index (Phi) is 6.91. The van der Waals surface area contributed by atoms with Gasteiger partial charge in [0.25, 0.3) is 5.91 Å². The lowest BCUT2D eigenvalue weighted by Gasteiger charge is -2.20. The lowest BCUT2D eigenvalue weighted by molar-refractivity contribution is -0.144. The summed E-state index contributed by atoms with van der Waals surface area (Å²) in [7, 11) is 1.25. The van der Waals surface area contributed by atoms with Crippen LogP contribution in [-0.2, 0) is 20.7 Å². The van der Waals surface area contributed by atoms with Crippen molar-refractivity contribution in [3.05, 3.63) is 71.8 Å². The molecule has 0 radical (unpaired) electrons. The maximum Gasteiger partial charge on any atom is 0.328 e. The van der Waals surface area contributed by atoms with Gasteiger partial charge in [-0.1, -0.05) is 48.5 Å². The van der Waals surface area contributed by atoms with Crippen LogP contribution in [0.25, 0.3) is 0 Å². The van der Waals surface area contributed by atoms with Gasteiger partial charge in [-0.05, 0) is 24.6 Å². The SMILES string of the molecule is COC(=O)C(C)NC(=O)C(Cc1ccccc1)NC(=O)c1ccccc1. The number of amides is 2. The summed E-state index contributed by atoms with van der Waals surface area (Å²) in [6.07, 6.45) is 0.305. The molecular weight excluding hydrogens is 332 g/mol. The number of rotatable bonds is 7. The smallest absolute Gasteiger partial charge is 0.328 e. The van der Waals surface area contributed by atoms with Crippen LogP contribution in [0.2, 0.25) is 0 Å². The first kappa shape index (κ1) is 19.2. The lowest BCUT2D eigenvalue weighted by atomic mass is 10.0. The molecule has 6 heteroatoms. The zero-order chi connectivity index (χ0) is 18.9. The maximum absolute atomic E-state index is 12.6. The molecule has 0 aliphatic rings. The van der Waals surface area contributed by atoms with Gasteiger partial charge in [0.1, 0.15) is 12.1 Å². The van der Waals surface area contributed by atoms with E-state index in [0.717, 1.165) is 5.56 Å². The average molecular weight is 354 g/mol. The molecule has 0 heterocycles. The summed E-state index contributed by atoms with van der Waals surface area (Å²) in [5.74, 6) is -1.35. The Balaban J connectivity index is 2.14. The minimum Gasteiger partial charge on any atom is -0.467 e. The summed E-state index contributed by atoms with van der Waals surface area (Å²) < 4.78 is 4.62. The number of carbonyl (C=O) groups is 3. The van der Waals surface area contributed by atoms with Gasteiger partial charge in [0.15, 0.2) is 0 Å². The van der Waals surface area contributed by atoms with Crippen molar-refractivity contribution in [1.82, 2.24) is 10.6 Å². The van der Waals surface area contributed by atoms with Crippen LogP contribution in [0.1, 0.15) is 22.8 Å². The molecule has 2 aromatic carbocycles. The van der Waals surface area contributed by atoms with Gasteiger partial charge >= 0.3 is 5.97 Å². The normalized spacial score (nSPS) is 12.5. The fourth-order valence-corrected chi connectivity index (χ4v) is 2.44. The van der Waals surface area contributed by atoms with Crippen molar-refractivity contribution in [1.29, 1.82) is 0 Å². The topological polar surface area (TPSA) is 84.5 Å². The number of ether oxygens (including phenoxy) is 1. The van der Waals surface area contributed by atoms with Crippen molar-refractivity contribution in [2.24, 2.45) is 0 Å². The van der Waals surface area contributed by atoms with Gasteiger partial charge in [0.05, 0.1) is 7.11 Å². The van der Waals surface area contributed by atoms with Gasteiger partial charge < -0.3 is 15.4 Å². The number of hydrogen-bond acceptors (Lipinski definition) is 4.